The molecule has 2 aromatic heterocycles. The third-order valence-corrected chi connectivity index (χ3v) is 5.69. The Hall–Kier alpha value is -2.38. The molecule has 2 atom stereocenters. The van der Waals surface area contributed by atoms with Gasteiger partial charge in [0.25, 0.3) is 0 Å². The summed E-state index contributed by atoms with van der Waals surface area (Å²) in [6, 6.07) is 2.70. The van der Waals surface area contributed by atoms with Crippen LogP contribution in [0, 0.1) is 5.92 Å². The molecule has 0 N–H and O–H groups in total. The molecule has 1 fully saturated rings. The van der Waals surface area contributed by atoms with Gasteiger partial charge in [0, 0.05) is 36.7 Å². The average molecular weight is 392 g/mol. The van der Waals surface area contributed by atoms with Gasteiger partial charge in [0.1, 0.15) is 5.69 Å². The highest BCUT2D eigenvalue weighted by Crippen LogP contribution is 2.33. The molecule has 8 heteroatoms. The Bertz CT molecular complexity index is 918. The van der Waals surface area contributed by atoms with Gasteiger partial charge in [-0.15, -0.1) is 0 Å². The van der Waals surface area contributed by atoms with E-state index in [9.17, 15) is 18.0 Å². The van der Waals surface area contributed by atoms with Crippen LogP contribution in [0.5, 0.6) is 0 Å². The molecule has 0 spiro atoms. The van der Waals surface area contributed by atoms with Gasteiger partial charge >= 0.3 is 6.18 Å². The van der Waals surface area contributed by atoms with Crippen LogP contribution in [-0.4, -0.2) is 38.5 Å². The van der Waals surface area contributed by atoms with Crippen molar-refractivity contribution in [2.45, 2.75) is 51.1 Å². The summed E-state index contributed by atoms with van der Waals surface area (Å²) in [6.07, 6.45) is 3.34. The normalized spacial score (nSPS) is 22.9. The van der Waals surface area contributed by atoms with E-state index in [1.54, 1.807) is 13.0 Å². The first kappa shape index (κ1) is 19.0. The number of carbonyl (C=O) groups excluding carboxylic acids is 1. The molecule has 1 saturated heterocycles. The van der Waals surface area contributed by atoms with Gasteiger partial charge in [-0.25, -0.2) is 9.50 Å². The second kappa shape index (κ2) is 7.22. The molecule has 1 amide bonds. The van der Waals surface area contributed by atoms with Crippen molar-refractivity contribution in [1.29, 1.82) is 0 Å². The monoisotopic (exact) mass is 392 g/mol. The van der Waals surface area contributed by atoms with Gasteiger partial charge in [-0.2, -0.15) is 18.3 Å². The Labute approximate surface area is 161 Å². The van der Waals surface area contributed by atoms with Gasteiger partial charge in [-0.1, -0.05) is 19.1 Å². The summed E-state index contributed by atoms with van der Waals surface area (Å²) in [5.41, 5.74) is 0.370. The molecule has 5 nitrogen and oxygen atoms in total. The van der Waals surface area contributed by atoms with Crippen molar-refractivity contribution in [1.82, 2.24) is 19.5 Å². The van der Waals surface area contributed by atoms with E-state index in [-0.39, 0.29) is 23.4 Å². The van der Waals surface area contributed by atoms with Crippen LogP contribution in [-0.2, 0) is 17.4 Å². The molecule has 0 unspecified atom stereocenters. The number of hydrogen-bond acceptors (Lipinski definition) is 3. The number of carbonyl (C=O) groups is 1. The number of nitrogens with zero attached hydrogens (tertiary/aromatic N) is 4. The van der Waals surface area contributed by atoms with Crippen LogP contribution >= 0.6 is 0 Å². The van der Waals surface area contributed by atoms with E-state index < -0.39 is 11.9 Å². The highest BCUT2D eigenvalue weighted by molar-refractivity contribution is 5.79. The van der Waals surface area contributed by atoms with Crippen LogP contribution in [0.4, 0.5) is 13.2 Å². The number of aromatic nitrogens is 3. The molecule has 2 aromatic rings. The van der Waals surface area contributed by atoms with Gasteiger partial charge in [0.15, 0.2) is 5.65 Å². The van der Waals surface area contributed by atoms with Crippen LogP contribution in [0.25, 0.3) is 5.65 Å². The third-order valence-electron chi connectivity index (χ3n) is 5.69. The van der Waals surface area contributed by atoms with Crippen molar-refractivity contribution in [2.75, 3.05) is 13.1 Å². The fraction of sp³-hybridized carbons (Fsp3) is 0.550. The summed E-state index contributed by atoms with van der Waals surface area (Å²) >= 11 is 0. The number of aryl methyl sites for hydroxylation is 1. The zero-order chi connectivity index (χ0) is 19.9. The van der Waals surface area contributed by atoms with Crippen LogP contribution < -0.4 is 0 Å². The summed E-state index contributed by atoms with van der Waals surface area (Å²) < 4.78 is 41.2. The minimum atomic E-state index is -4.50. The lowest BCUT2D eigenvalue weighted by atomic mass is 9.93. The highest BCUT2D eigenvalue weighted by Gasteiger charge is 2.37. The minimum absolute atomic E-state index is 0.0235. The van der Waals surface area contributed by atoms with Gasteiger partial charge in [0.2, 0.25) is 5.91 Å². The molecule has 0 aromatic carbocycles. The third kappa shape index (κ3) is 3.52. The molecule has 1 aliphatic carbocycles. The van der Waals surface area contributed by atoms with E-state index in [1.165, 1.54) is 0 Å². The summed E-state index contributed by atoms with van der Waals surface area (Å²) in [5, 5.41) is 4.23. The zero-order valence-corrected chi connectivity index (χ0v) is 15.7. The van der Waals surface area contributed by atoms with Crippen LogP contribution in [0.15, 0.2) is 24.3 Å². The maximum absolute atomic E-state index is 13.4. The number of likely N-dealkylation sites (tertiary alicyclic amines) is 1. The first-order valence-corrected chi connectivity index (χ1v) is 9.77. The Kier molecular flexibility index (Phi) is 4.89. The lowest BCUT2D eigenvalue weighted by Gasteiger charge is -2.24. The quantitative estimate of drug-likeness (QED) is 0.743. The number of hydrogen-bond donors (Lipinski definition) is 0. The Balaban J connectivity index is 1.58. The van der Waals surface area contributed by atoms with Gasteiger partial charge < -0.3 is 4.90 Å². The fourth-order valence-corrected chi connectivity index (χ4v) is 4.10. The number of fused-ring (bicyclic) bond motifs is 1. The first-order chi connectivity index (χ1) is 13.4. The molecule has 150 valence electrons. The van der Waals surface area contributed by atoms with Crippen LogP contribution in [0.2, 0.25) is 0 Å². The van der Waals surface area contributed by atoms with E-state index in [1.807, 2.05) is 4.90 Å². The maximum Gasteiger partial charge on any atom is 0.433 e. The summed E-state index contributed by atoms with van der Waals surface area (Å²) in [5.74, 6) is 0.115. The van der Waals surface area contributed by atoms with Crippen molar-refractivity contribution in [3.05, 3.63) is 41.4 Å². The van der Waals surface area contributed by atoms with Crippen molar-refractivity contribution in [3.63, 3.8) is 0 Å². The van der Waals surface area contributed by atoms with Gasteiger partial charge in [-0.05, 0) is 38.2 Å². The second-order valence-electron chi connectivity index (χ2n) is 7.57. The highest BCUT2D eigenvalue weighted by atomic mass is 19.4. The molecular weight excluding hydrogens is 369 g/mol. The van der Waals surface area contributed by atoms with Crippen molar-refractivity contribution in [3.8, 4) is 0 Å². The van der Waals surface area contributed by atoms with Crippen LogP contribution in [0.3, 0.4) is 0 Å². The van der Waals surface area contributed by atoms with E-state index in [0.29, 0.717) is 37.3 Å². The Morgan fingerprint density at radius 1 is 1.25 bits per heavy atom. The molecule has 28 heavy (non-hydrogen) atoms. The Morgan fingerprint density at radius 3 is 2.75 bits per heavy atom. The standard InChI is InChI=1S/C20H23F3N4O/c1-2-15-10-17(20(21,22)23)27-18(24-15)11-16(25-27)14-8-9-26(12-14)19(28)13-6-4-3-5-7-13/h3-4,10-11,13-14H,2,5-9,12H2,1H3/t13-,14-/m0/s1. The van der Waals surface area contributed by atoms with E-state index in [2.05, 4.69) is 22.2 Å². The number of rotatable bonds is 3. The van der Waals surface area contributed by atoms with Crippen molar-refractivity contribution in [2.24, 2.45) is 5.92 Å². The van der Waals surface area contributed by atoms with E-state index in [0.717, 1.165) is 29.8 Å². The van der Waals surface area contributed by atoms with Gasteiger partial charge in [-0.3, -0.25) is 4.79 Å². The van der Waals surface area contributed by atoms with E-state index in [4.69, 9.17) is 0 Å². The SMILES string of the molecule is CCc1cc(C(F)(F)F)n2nc([C@H]3CCN(C(=O)[C@H]4CC=CCC4)C3)cc2n1. The summed E-state index contributed by atoms with van der Waals surface area (Å²) in [4.78, 5) is 18.9. The molecule has 0 bridgehead atoms. The minimum Gasteiger partial charge on any atom is -0.342 e. The predicted molar refractivity (Wildman–Crippen MR) is 97.8 cm³/mol. The van der Waals surface area contributed by atoms with Gasteiger partial charge in [0.05, 0.1) is 5.69 Å². The molecule has 1 aliphatic heterocycles. The Morgan fingerprint density at radius 2 is 2.07 bits per heavy atom. The average Bonchev–Trinajstić information content (AvgIpc) is 3.33. The summed E-state index contributed by atoms with van der Waals surface area (Å²) in [7, 11) is 0. The summed E-state index contributed by atoms with van der Waals surface area (Å²) in [6.45, 7) is 2.90. The predicted octanol–water partition coefficient (Wildman–Crippen LogP) is 3.98. The number of alkyl halides is 3. The lowest BCUT2D eigenvalue weighted by molar-refractivity contribution is -0.142. The number of halogens is 3. The van der Waals surface area contributed by atoms with Crippen molar-refractivity contribution >= 4 is 11.6 Å². The molecule has 4 rings (SSSR count). The molecule has 3 heterocycles. The van der Waals surface area contributed by atoms with Crippen LogP contribution in [0.1, 0.15) is 55.6 Å². The molecule has 2 aliphatic rings. The van der Waals surface area contributed by atoms with E-state index >= 15 is 0 Å². The number of allylic oxidation sites excluding steroid dienone is 2. The molecule has 0 radical (unpaired) electrons. The molecular formula is C20H23F3N4O. The topological polar surface area (TPSA) is 50.5 Å². The molecule has 0 saturated carbocycles. The zero-order valence-electron chi connectivity index (χ0n) is 15.7. The fourth-order valence-electron chi connectivity index (χ4n) is 4.10. The largest absolute Gasteiger partial charge is 0.433 e. The second-order valence-corrected chi connectivity index (χ2v) is 7.57. The maximum atomic E-state index is 13.4. The number of amides is 1. The first-order valence-electron chi connectivity index (χ1n) is 9.77. The smallest absolute Gasteiger partial charge is 0.342 e. The lowest BCUT2D eigenvalue weighted by Crippen LogP contribution is -2.34. The van der Waals surface area contributed by atoms with Crippen molar-refractivity contribution < 1.29 is 18.0 Å².